The van der Waals surface area contributed by atoms with Gasteiger partial charge in [-0.15, -0.1) is 0 Å². The number of alkyl halides is 1. The first kappa shape index (κ1) is 8.74. The lowest BCUT2D eigenvalue weighted by atomic mass is 10.1. The van der Waals surface area contributed by atoms with Crippen molar-refractivity contribution >= 4 is 22.6 Å². The molecule has 10 heavy (non-hydrogen) atoms. The third-order valence-corrected chi connectivity index (χ3v) is 2.72. The molecule has 1 rings (SSSR count). The fraction of sp³-hybridized carbons (Fsp3) is 1.00. The maximum atomic E-state index is 9.28. The van der Waals surface area contributed by atoms with Crippen LogP contribution in [-0.2, 0) is 0 Å². The van der Waals surface area contributed by atoms with Crippen LogP contribution in [0.25, 0.3) is 0 Å². The Morgan fingerprint density at radius 1 is 1.70 bits per heavy atom. The van der Waals surface area contributed by atoms with Crippen molar-refractivity contribution in [3.63, 3.8) is 0 Å². The number of rotatable bonds is 1. The van der Waals surface area contributed by atoms with E-state index < -0.39 is 0 Å². The lowest BCUT2D eigenvalue weighted by Gasteiger charge is -2.31. The van der Waals surface area contributed by atoms with E-state index in [1.807, 2.05) is 0 Å². The summed E-state index contributed by atoms with van der Waals surface area (Å²) in [7, 11) is 0. The second-order valence-corrected chi connectivity index (χ2v) is 4.67. The Kier molecular flexibility index (Phi) is 3.39. The van der Waals surface area contributed by atoms with Crippen LogP contribution in [0.1, 0.15) is 19.8 Å². The Balaban J connectivity index is 2.32. The zero-order valence-electron chi connectivity index (χ0n) is 6.26. The van der Waals surface area contributed by atoms with E-state index in [0.29, 0.717) is 4.05 Å². The van der Waals surface area contributed by atoms with E-state index in [4.69, 9.17) is 0 Å². The van der Waals surface area contributed by atoms with Crippen molar-refractivity contribution in [3.8, 4) is 0 Å². The van der Waals surface area contributed by atoms with Crippen LogP contribution in [0.2, 0.25) is 0 Å². The van der Waals surface area contributed by atoms with E-state index in [0.717, 1.165) is 25.9 Å². The van der Waals surface area contributed by atoms with E-state index in [9.17, 15) is 5.11 Å². The molecule has 2 nitrogen and oxygen atoms in total. The standard InChI is InChI=1S/C7H14INO/c1-6(8)9-4-2-3-7(10)5-9/h6-7,10H,2-5H2,1H3/t6?,7-/m1/s1. The molecule has 3 heteroatoms. The Morgan fingerprint density at radius 3 is 2.80 bits per heavy atom. The van der Waals surface area contributed by atoms with Gasteiger partial charge < -0.3 is 5.11 Å². The SMILES string of the molecule is CC(I)N1CCC[C@@H](O)C1. The van der Waals surface area contributed by atoms with Crippen LogP contribution in [0.3, 0.4) is 0 Å². The zero-order chi connectivity index (χ0) is 7.56. The van der Waals surface area contributed by atoms with Crippen molar-refractivity contribution in [1.29, 1.82) is 0 Å². The second kappa shape index (κ2) is 3.88. The van der Waals surface area contributed by atoms with Gasteiger partial charge in [0.15, 0.2) is 0 Å². The molecule has 0 aliphatic carbocycles. The minimum atomic E-state index is -0.0778. The highest BCUT2D eigenvalue weighted by Crippen LogP contribution is 2.15. The number of aliphatic hydroxyl groups is 1. The molecule has 1 aliphatic heterocycles. The highest BCUT2D eigenvalue weighted by Gasteiger charge is 2.19. The highest BCUT2D eigenvalue weighted by molar-refractivity contribution is 14.1. The lowest BCUT2D eigenvalue weighted by molar-refractivity contribution is 0.0704. The quantitative estimate of drug-likeness (QED) is 0.432. The van der Waals surface area contributed by atoms with Gasteiger partial charge in [0.2, 0.25) is 0 Å². The van der Waals surface area contributed by atoms with Gasteiger partial charge >= 0.3 is 0 Å². The first-order valence-electron chi connectivity index (χ1n) is 3.76. The maximum absolute atomic E-state index is 9.28. The van der Waals surface area contributed by atoms with E-state index in [-0.39, 0.29) is 6.10 Å². The minimum absolute atomic E-state index is 0.0778. The molecule has 1 saturated heterocycles. The molecule has 0 bridgehead atoms. The third kappa shape index (κ3) is 2.36. The first-order chi connectivity index (χ1) is 4.70. The molecule has 60 valence electrons. The average Bonchev–Trinajstić information content (AvgIpc) is 1.88. The van der Waals surface area contributed by atoms with Crippen molar-refractivity contribution in [2.45, 2.75) is 29.9 Å². The monoisotopic (exact) mass is 255 g/mol. The van der Waals surface area contributed by atoms with E-state index in [2.05, 4.69) is 34.4 Å². The number of hydrogen-bond acceptors (Lipinski definition) is 2. The molecule has 1 N–H and O–H groups in total. The van der Waals surface area contributed by atoms with Gasteiger partial charge in [-0.25, -0.2) is 0 Å². The molecule has 0 aromatic heterocycles. The van der Waals surface area contributed by atoms with Crippen LogP contribution in [0.4, 0.5) is 0 Å². The number of halogens is 1. The number of aliphatic hydroxyl groups excluding tert-OH is 1. The van der Waals surface area contributed by atoms with Gasteiger partial charge in [-0.05, 0) is 26.3 Å². The third-order valence-electron chi connectivity index (χ3n) is 1.93. The maximum Gasteiger partial charge on any atom is 0.0668 e. The average molecular weight is 255 g/mol. The smallest absolute Gasteiger partial charge is 0.0668 e. The number of likely N-dealkylation sites (tertiary alicyclic amines) is 1. The number of piperidine rings is 1. The number of nitrogens with zero attached hydrogens (tertiary/aromatic N) is 1. The second-order valence-electron chi connectivity index (χ2n) is 2.86. The van der Waals surface area contributed by atoms with Crippen LogP contribution in [0.5, 0.6) is 0 Å². The van der Waals surface area contributed by atoms with Crippen LogP contribution in [0.15, 0.2) is 0 Å². The van der Waals surface area contributed by atoms with Gasteiger partial charge in [-0.3, -0.25) is 4.90 Å². The summed E-state index contributed by atoms with van der Waals surface area (Å²) in [6, 6.07) is 0. The van der Waals surface area contributed by atoms with Gasteiger partial charge in [0.05, 0.1) is 10.2 Å². The number of β-amino-alcohol motifs (C(OH)–C–C–N with tert-alkyl or cyclic N) is 1. The normalized spacial score (nSPS) is 32.1. The highest BCUT2D eigenvalue weighted by atomic mass is 127. The lowest BCUT2D eigenvalue weighted by Crippen LogP contribution is -2.40. The molecule has 0 amide bonds. The molecular formula is C7H14INO. The van der Waals surface area contributed by atoms with Crippen molar-refractivity contribution in [2.75, 3.05) is 13.1 Å². The molecule has 0 saturated carbocycles. The van der Waals surface area contributed by atoms with Crippen molar-refractivity contribution < 1.29 is 5.11 Å². The molecule has 0 aromatic rings. The largest absolute Gasteiger partial charge is 0.392 e. The zero-order valence-corrected chi connectivity index (χ0v) is 8.41. The molecule has 1 unspecified atom stereocenters. The molecule has 2 atom stereocenters. The Labute approximate surface area is 75.7 Å². The summed E-state index contributed by atoms with van der Waals surface area (Å²) in [6.07, 6.45) is 2.06. The molecule has 1 aliphatic rings. The van der Waals surface area contributed by atoms with Crippen LogP contribution < -0.4 is 0 Å². The topological polar surface area (TPSA) is 23.5 Å². The summed E-state index contributed by atoms with van der Waals surface area (Å²) in [5.74, 6) is 0. The summed E-state index contributed by atoms with van der Waals surface area (Å²) >= 11 is 2.39. The summed E-state index contributed by atoms with van der Waals surface area (Å²) in [5, 5.41) is 9.28. The summed E-state index contributed by atoms with van der Waals surface area (Å²) in [5.41, 5.74) is 0. The fourth-order valence-corrected chi connectivity index (χ4v) is 1.81. The summed E-state index contributed by atoms with van der Waals surface area (Å²) in [4.78, 5) is 2.31. The molecule has 0 spiro atoms. The van der Waals surface area contributed by atoms with Crippen LogP contribution in [-0.4, -0.2) is 33.2 Å². The van der Waals surface area contributed by atoms with E-state index in [1.54, 1.807) is 0 Å². The van der Waals surface area contributed by atoms with Crippen LogP contribution in [0, 0.1) is 0 Å². The molecule has 1 heterocycles. The van der Waals surface area contributed by atoms with Gasteiger partial charge in [0, 0.05) is 6.54 Å². The van der Waals surface area contributed by atoms with E-state index in [1.165, 1.54) is 0 Å². The predicted octanol–water partition coefficient (Wildman–Crippen LogP) is 1.22. The number of hydrogen-bond donors (Lipinski definition) is 1. The summed E-state index contributed by atoms with van der Waals surface area (Å²) < 4.78 is 0.563. The molecule has 0 aromatic carbocycles. The van der Waals surface area contributed by atoms with Crippen LogP contribution >= 0.6 is 22.6 Å². The molecular weight excluding hydrogens is 241 g/mol. The first-order valence-corrected chi connectivity index (χ1v) is 5.01. The minimum Gasteiger partial charge on any atom is -0.392 e. The van der Waals surface area contributed by atoms with Crippen molar-refractivity contribution in [3.05, 3.63) is 0 Å². The Morgan fingerprint density at radius 2 is 2.40 bits per heavy atom. The fourth-order valence-electron chi connectivity index (χ4n) is 1.31. The van der Waals surface area contributed by atoms with Gasteiger partial charge in [-0.2, -0.15) is 0 Å². The van der Waals surface area contributed by atoms with Gasteiger partial charge in [0.1, 0.15) is 0 Å². The Bertz CT molecular complexity index is 108. The van der Waals surface area contributed by atoms with Gasteiger partial charge in [0.25, 0.3) is 0 Å². The Hall–Kier alpha value is 0.650. The van der Waals surface area contributed by atoms with Crippen molar-refractivity contribution in [1.82, 2.24) is 4.90 Å². The molecule has 0 radical (unpaired) electrons. The van der Waals surface area contributed by atoms with Gasteiger partial charge in [-0.1, -0.05) is 22.6 Å². The predicted molar refractivity (Wildman–Crippen MR) is 50.3 cm³/mol. The van der Waals surface area contributed by atoms with Crippen molar-refractivity contribution in [2.24, 2.45) is 0 Å². The van der Waals surface area contributed by atoms with E-state index >= 15 is 0 Å². The summed E-state index contributed by atoms with van der Waals surface area (Å²) in [6.45, 7) is 4.18. The molecule has 1 fully saturated rings.